The number of carbonyl (C=O) groups is 1. The molecular weight excluding hydrogens is 838 g/mol. The van der Waals surface area contributed by atoms with Crippen LogP contribution in [0.15, 0.2) is 42.5 Å². The van der Waals surface area contributed by atoms with Crippen LogP contribution >= 0.6 is 11.6 Å². The van der Waals surface area contributed by atoms with E-state index in [-0.39, 0.29) is 55.4 Å². The molecule has 0 radical (unpaired) electrons. The number of hydrogen-bond donors (Lipinski definition) is 3. The molecule has 0 saturated carbocycles. The number of nitrogens with one attached hydrogen (secondary N) is 2. The number of anilines is 1. The minimum absolute atomic E-state index is 0.0483. The zero-order valence-electron chi connectivity index (χ0n) is 31.4. The summed E-state index contributed by atoms with van der Waals surface area (Å²) in [7, 11) is -2.43. The first kappa shape index (κ1) is 43.3. The molecule has 0 fully saturated rings. The lowest BCUT2D eigenvalue weighted by molar-refractivity contribution is -0.123. The second-order valence-electron chi connectivity index (χ2n) is 14.3. The van der Waals surface area contributed by atoms with Gasteiger partial charge in [-0.15, -0.1) is 0 Å². The molecule has 0 aliphatic heterocycles. The molecule has 1 aliphatic rings. The van der Waals surface area contributed by atoms with Gasteiger partial charge in [-0.25, -0.2) is 39.7 Å². The summed E-state index contributed by atoms with van der Waals surface area (Å²) in [6.07, 6.45) is -2.84. The molecule has 314 valence electrons. The number of fused-ring (bicyclic) bond motifs is 2. The second-order valence-corrected chi connectivity index (χ2v) is 16.4. The standard InChI is InChI=1S/C38H34ClF8N7O4S/c1-18-19(2)38(46,47)34-29(18)32(35(44)45)50-54(34)15-28(55)49-27(13-20-11-21(42)14-22(43)12-20)31-24(6-5-23(48-31)9-10-37(56,16-40)17-41)25-7-8-26(39)30-33(25)53(3)51-36(30)52-59(4,57)58/h5-8,11-12,14,18-19,27,35,56H,13,15-17H2,1-4H3,(H,49,55)(H,51,52)/t18-,19+,27-/m0/s1. The fourth-order valence-electron chi connectivity index (χ4n) is 7.07. The van der Waals surface area contributed by atoms with Gasteiger partial charge < -0.3 is 10.4 Å². The number of aryl methyl sites for hydroxylation is 1. The maximum atomic E-state index is 15.6. The Morgan fingerprint density at radius 1 is 1.03 bits per heavy atom. The summed E-state index contributed by atoms with van der Waals surface area (Å²) in [5.74, 6) is -4.96. The summed E-state index contributed by atoms with van der Waals surface area (Å²) in [5.41, 5.74) is -4.79. The largest absolute Gasteiger partial charge is 0.373 e. The molecular formula is C38H34ClF8N7O4S. The van der Waals surface area contributed by atoms with Crippen molar-refractivity contribution in [2.24, 2.45) is 13.0 Å². The molecule has 3 aromatic heterocycles. The van der Waals surface area contributed by atoms with Crippen LogP contribution in [-0.4, -0.2) is 69.2 Å². The molecule has 6 rings (SSSR count). The van der Waals surface area contributed by atoms with Crippen molar-refractivity contribution in [3.05, 3.63) is 93.0 Å². The number of alkyl halides is 6. The number of amides is 1. The maximum Gasteiger partial charge on any atom is 0.292 e. The van der Waals surface area contributed by atoms with Gasteiger partial charge >= 0.3 is 0 Å². The van der Waals surface area contributed by atoms with Crippen molar-refractivity contribution in [3.63, 3.8) is 0 Å². The predicted octanol–water partition coefficient (Wildman–Crippen LogP) is 7.04. The molecule has 3 atom stereocenters. The number of benzene rings is 2. The van der Waals surface area contributed by atoms with E-state index in [9.17, 15) is 44.7 Å². The third-order valence-electron chi connectivity index (χ3n) is 9.94. The van der Waals surface area contributed by atoms with E-state index in [0.717, 1.165) is 18.4 Å². The Bertz CT molecular complexity index is 2620. The Kier molecular flexibility index (Phi) is 11.8. The van der Waals surface area contributed by atoms with Crippen molar-refractivity contribution < 1.29 is 53.4 Å². The van der Waals surface area contributed by atoms with E-state index in [2.05, 4.69) is 37.1 Å². The lowest BCUT2D eigenvalue weighted by atomic mass is 9.93. The van der Waals surface area contributed by atoms with Gasteiger partial charge in [0.2, 0.25) is 15.9 Å². The summed E-state index contributed by atoms with van der Waals surface area (Å²) in [4.78, 5) is 18.5. The molecule has 3 heterocycles. The summed E-state index contributed by atoms with van der Waals surface area (Å²) in [6, 6.07) is 6.53. The molecule has 11 nitrogen and oxygen atoms in total. The van der Waals surface area contributed by atoms with E-state index in [4.69, 9.17) is 11.6 Å². The van der Waals surface area contributed by atoms with Crippen molar-refractivity contribution in [3.8, 4) is 23.0 Å². The Balaban J connectivity index is 1.56. The van der Waals surface area contributed by atoms with Crippen molar-refractivity contribution in [1.29, 1.82) is 0 Å². The van der Waals surface area contributed by atoms with Gasteiger partial charge in [-0.3, -0.25) is 18.9 Å². The Morgan fingerprint density at radius 3 is 2.29 bits per heavy atom. The van der Waals surface area contributed by atoms with Gasteiger partial charge in [0.15, 0.2) is 11.4 Å². The zero-order valence-corrected chi connectivity index (χ0v) is 33.0. The first-order valence-electron chi connectivity index (χ1n) is 17.6. The number of aliphatic hydroxyl groups is 1. The molecule has 59 heavy (non-hydrogen) atoms. The van der Waals surface area contributed by atoms with Gasteiger partial charge in [0, 0.05) is 35.7 Å². The molecule has 3 N–H and O–H groups in total. The van der Waals surface area contributed by atoms with Gasteiger partial charge in [-0.05, 0) is 54.2 Å². The van der Waals surface area contributed by atoms with Crippen LogP contribution in [0, 0.1) is 29.4 Å². The van der Waals surface area contributed by atoms with Crippen LogP contribution < -0.4 is 10.0 Å². The highest BCUT2D eigenvalue weighted by Gasteiger charge is 2.55. The molecule has 0 saturated heterocycles. The van der Waals surface area contributed by atoms with Crippen LogP contribution in [0.5, 0.6) is 0 Å². The summed E-state index contributed by atoms with van der Waals surface area (Å²) in [6.45, 7) is -1.70. The molecule has 1 amide bonds. The molecule has 2 aromatic carbocycles. The fourth-order valence-corrected chi connectivity index (χ4v) is 7.81. The van der Waals surface area contributed by atoms with E-state index in [1.807, 2.05) is 0 Å². The third-order valence-corrected chi connectivity index (χ3v) is 10.8. The summed E-state index contributed by atoms with van der Waals surface area (Å²) < 4.78 is 144. The number of rotatable bonds is 12. The van der Waals surface area contributed by atoms with Gasteiger partial charge in [0.1, 0.15) is 48.6 Å². The fraction of sp³-hybridized carbons (Fsp3) is 0.368. The maximum absolute atomic E-state index is 15.6. The number of halogens is 9. The van der Waals surface area contributed by atoms with Gasteiger partial charge in [0.25, 0.3) is 12.3 Å². The highest BCUT2D eigenvalue weighted by Crippen LogP contribution is 2.54. The van der Waals surface area contributed by atoms with E-state index in [1.165, 1.54) is 49.8 Å². The topological polar surface area (TPSA) is 144 Å². The minimum atomic E-state index is -3.89. The number of nitrogens with zero attached hydrogens (tertiary/aromatic N) is 5. The van der Waals surface area contributed by atoms with Crippen molar-refractivity contribution >= 4 is 44.3 Å². The van der Waals surface area contributed by atoms with E-state index in [1.54, 1.807) is 0 Å². The average Bonchev–Trinajstić information content (AvgIpc) is 3.75. The number of sulfonamides is 1. The van der Waals surface area contributed by atoms with Crippen LogP contribution in [0.25, 0.3) is 22.0 Å². The Labute approximate surface area is 336 Å². The van der Waals surface area contributed by atoms with Crippen molar-refractivity contribution in [1.82, 2.24) is 29.9 Å². The quantitative estimate of drug-likeness (QED) is 0.0902. The number of pyridine rings is 1. The van der Waals surface area contributed by atoms with E-state index < -0.39 is 101 Å². The summed E-state index contributed by atoms with van der Waals surface area (Å²) in [5, 5.41) is 20.9. The number of carbonyl (C=O) groups excluding carboxylic acids is 1. The van der Waals surface area contributed by atoms with Crippen LogP contribution in [0.1, 0.15) is 66.1 Å². The highest BCUT2D eigenvalue weighted by molar-refractivity contribution is 7.92. The van der Waals surface area contributed by atoms with E-state index >= 15 is 8.78 Å². The lowest BCUT2D eigenvalue weighted by Crippen LogP contribution is -2.35. The normalized spacial score (nSPS) is 16.9. The SMILES string of the molecule is C[C@@H]1c2c(C(F)F)nn(CC(=O)N[C@@H](Cc3cc(F)cc(F)c3)c3nc(C#CC(O)(CF)CF)ccc3-c3ccc(Cl)c4c(NS(C)(=O)=O)nn(C)c34)c2C(F)(F)[C@@H]1C. The zero-order chi connectivity index (χ0) is 43.4. The summed E-state index contributed by atoms with van der Waals surface area (Å²) >= 11 is 6.54. The first-order chi connectivity index (χ1) is 27.6. The predicted molar refractivity (Wildman–Crippen MR) is 201 cm³/mol. The lowest BCUT2D eigenvalue weighted by Gasteiger charge is -2.23. The highest BCUT2D eigenvalue weighted by atomic mass is 35.5. The third kappa shape index (κ3) is 8.59. The number of hydrogen-bond acceptors (Lipinski definition) is 7. The Morgan fingerprint density at radius 2 is 1.68 bits per heavy atom. The van der Waals surface area contributed by atoms with E-state index in [0.29, 0.717) is 10.7 Å². The van der Waals surface area contributed by atoms with Crippen molar-refractivity contribution in [2.75, 3.05) is 24.3 Å². The van der Waals surface area contributed by atoms with Gasteiger partial charge in [0.05, 0.1) is 33.9 Å². The van der Waals surface area contributed by atoms with Crippen LogP contribution in [0.4, 0.5) is 40.9 Å². The monoisotopic (exact) mass is 871 g/mol. The minimum Gasteiger partial charge on any atom is -0.373 e. The molecule has 21 heteroatoms. The number of aromatic nitrogens is 5. The first-order valence-corrected chi connectivity index (χ1v) is 19.9. The average molecular weight is 872 g/mol. The van der Waals surface area contributed by atoms with Gasteiger partial charge in [-0.1, -0.05) is 37.4 Å². The molecule has 0 unspecified atom stereocenters. The molecule has 0 bridgehead atoms. The second kappa shape index (κ2) is 16.1. The van der Waals surface area contributed by atoms with Gasteiger partial charge in [-0.2, -0.15) is 19.0 Å². The molecule has 5 aromatic rings. The molecule has 1 aliphatic carbocycles. The molecule has 0 spiro atoms. The van der Waals surface area contributed by atoms with Crippen molar-refractivity contribution in [2.45, 2.75) is 56.7 Å². The van der Waals surface area contributed by atoms with Crippen LogP contribution in [0.2, 0.25) is 5.02 Å². The smallest absolute Gasteiger partial charge is 0.292 e. The Hall–Kier alpha value is -5.26. The van der Waals surface area contributed by atoms with Crippen LogP contribution in [0.3, 0.4) is 0 Å². The van der Waals surface area contributed by atoms with Crippen LogP contribution in [-0.2, 0) is 40.8 Å².